The lowest BCUT2D eigenvalue weighted by atomic mass is 10.0. The van der Waals surface area contributed by atoms with Crippen LogP contribution in [-0.4, -0.2) is 13.0 Å². The molecule has 1 N–H and O–H groups in total. The van der Waals surface area contributed by atoms with E-state index in [2.05, 4.69) is 5.32 Å². The van der Waals surface area contributed by atoms with Crippen molar-refractivity contribution >= 4 is 34.1 Å². The van der Waals surface area contributed by atoms with E-state index in [0.29, 0.717) is 17.3 Å². The van der Waals surface area contributed by atoms with Gasteiger partial charge in [-0.3, -0.25) is 4.79 Å². The number of nitrogens with one attached hydrogen (secondary N) is 1. The van der Waals surface area contributed by atoms with Gasteiger partial charge in [0.05, 0.1) is 13.4 Å². The first-order valence-electron chi connectivity index (χ1n) is 8.24. The van der Waals surface area contributed by atoms with Gasteiger partial charge in [-0.15, -0.1) is 0 Å². The molecule has 0 saturated heterocycles. The smallest absolute Gasteiger partial charge is 0.244 e. The van der Waals surface area contributed by atoms with Gasteiger partial charge in [-0.1, -0.05) is 23.7 Å². The molecule has 0 bridgehead atoms. The molecule has 4 nitrogen and oxygen atoms in total. The number of hydrogen-bond acceptors (Lipinski definition) is 3. The third kappa shape index (κ3) is 3.92. The Hall–Kier alpha value is -2.72. The number of amides is 1. The summed E-state index contributed by atoms with van der Waals surface area (Å²) in [5.41, 5.74) is 4.48. The first-order valence-corrected chi connectivity index (χ1v) is 8.62. The van der Waals surface area contributed by atoms with Crippen molar-refractivity contribution in [2.75, 3.05) is 7.11 Å². The molecular formula is C21H20ClNO3. The Morgan fingerprint density at radius 2 is 2.00 bits per heavy atom. The molecule has 1 amide bonds. The number of methoxy groups -OCH3 is 1. The number of benzene rings is 2. The quantitative estimate of drug-likeness (QED) is 0.635. The fraction of sp³-hybridized carbons (Fsp3) is 0.190. The number of hydrogen-bond donors (Lipinski definition) is 1. The number of fused-ring (bicyclic) bond motifs is 1. The Bertz CT molecular complexity index is 971. The number of ether oxygens (including phenoxy) is 1. The van der Waals surface area contributed by atoms with Crippen molar-refractivity contribution in [3.05, 3.63) is 70.5 Å². The maximum atomic E-state index is 12.3. The van der Waals surface area contributed by atoms with Crippen molar-refractivity contribution in [2.24, 2.45) is 0 Å². The van der Waals surface area contributed by atoms with E-state index in [-0.39, 0.29) is 5.91 Å². The summed E-state index contributed by atoms with van der Waals surface area (Å²) in [6.45, 7) is 4.32. The predicted octanol–water partition coefficient (Wildman–Crippen LogP) is 5.12. The van der Waals surface area contributed by atoms with Gasteiger partial charge in [0.25, 0.3) is 0 Å². The summed E-state index contributed by atoms with van der Waals surface area (Å²) in [5.74, 6) is 0.509. The van der Waals surface area contributed by atoms with Gasteiger partial charge in [-0.25, -0.2) is 0 Å². The first-order chi connectivity index (χ1) is 12.5. The summed E-state index contributed by atoms with van der Waals surface area (Å²) >= 11 is 5.87. The van der Waals surface area contributed by atoms with Crippen molar-refractivity contribution in [3.8, 4) is 5.75 Å². The minimum atomic E-state index is -0.163. The van der Waals surface area contributed by atoms with E-state index in [0.717, 1.165) is 33.2 Å². The Kier molecular flexibility index (Phi) is 5.33. The van der Waals surface area contributed by atoms with Gasteiger partial charge in [-0.2, -0.15) is 0 Å². The van der Waals surface area contributed by atoms with Gasteiger partial charge in [0.15, 0.2) is 0 Å². The first kappa shape index (κ1) is 18.1. The number of carbonyl (C=O) groups excluding carboxylic acids is 1. The molecule has 3 rings (SSSR count). The highest BCUT2D eigenvalue weighted by molar-refractivity contribution is 6.30. The Morgan fingerprint density at radius 1 is 1.27 bits per heavy atom. The molecule has 0 atom stereocenters. The number of halogens is 1. The van der Waals surface area contributed by atoms with E-state index in [9.17, 15) is 4.79 Å². The lowest BCUT2D eigenvalue weighted by Crippen LogP contribution is -2.20. The maximum absolute atomic E-state index is 12.3. The van der Waals surface area contributed by atoms with E-state index in [1.54, 1.807) is 31.6 Å². The summed E-state index contributed by atoms with van der Waals surface area (Å²) in [5, 5.41) is 4.57. The average molecular weight is 370 g/mol. The summed E-state index contributed by atoms with van der Waals surface area (Å²) in [6, 6.07) is 11.2. The largest absolute Gasteiger partial charge is 0.496 e. The molecular weight excluding hydrogens is 350 g/mol. The Labute approximate surface area is 157 Å². The Balaban J connectivity index is 1.79. The van der Waals surface area contributed by atoms with Gasteiger partial charge in [-0.05, 0) is 48.7 Å². The highest BCUT2D eigenvalue weighted by Crippen LogP contribution is 2.33. The molecule has 0 aliphatic heterocycles. The second-order valence-electron chi connectivity index (χ2n) is 6.14. The van der Waals surface area contributed by atoms with Crippen molar-refractivity contribution in [1.29, 1.82) is 0 Å². The van der Waals surface area contributed by atoms with Gasteiger partial charge in [0, 0.05) is 34.7 Å². The van der Waals surface area contributed by atoms with Crippen LogP contribution >= 0.6 is 11.6 Å². The molecule has 0 saturated carbocycles. The molecule has 5 heteroatoms. The molecule has 0 radical (unpaired) electrons. The van der Waals surface area contributed by atoms with Gasteiger partial charge in [0.1, 0.15) is 11.3 Å². The SMILES string of the molecule is COc1cc2occ(C)c2cc1/C(C)=C/C(=O)NCc1ccc(Cl)cc1. The van der Waals surface area contributed by atoms with Crippen LogP contribution in [0.2, 0.25) is 5.02 Å². The average Bonchev–Trinajstić information content (AvgIpc) is 3.00. The van der Waals surface area contributed by atoms with Gasteiger partial charge < -0.3 is 14.5 Å². The second-order valence-corrected chi connectivity index (χ2v) is 6.58. The summed E-state index contributed by atoms with van der Waals surface area (Å²) in [6.07, 6.45) is 3.29. The molecule has 0 aliphatic rings. The second kappa shape index (κ2) is 7.67. The minimum Gasteiger partial charge on any atom is -0.496 e. The third-order valence-electron chi connectivity index (χ3n) is 4.24. The summed E-state index contributed by atoms with van der Waals surface area (Å²) in [7, 11) is 1.61. The van der Waals surface area contributed by atoms with E-state index in [1.165, 1.54) is 0 Å². The van der Waals surface area contributed by atoms with Crippen molar-refractivity contribution < 1.29 is 13.9 Å². The van der Waals surface area contributed by atoms with Crippen LogP contribution in [0.25, 0.3) is 16.5 Å². The molecule has 2 aromatic carbocycles. The molecule has 1 heterocycles. The fourth-order valence-electron chi connectivity index (χ4n) is 2.78. The van der Waals surface area contributed by atoms with Crippen LogP contribution in [0.1, 0.15) is 23.6 Å². The highest BCUT2D eigenvalue weighted by atomic mass is 35.5. The molecule has 0 unspecified atom stereocenters. The zero-order valence-electron chi connectivity index (χ0n) is 14.9. The summed E-state index contributed by atoms with van der Waals surface area (Å²) in [4.78, 5) is 12.3. The third-order valence-corrected chi connectivity index (χ3v) is 4.49. The molecule has 0 fully saturated rings. The van der Waals surface area contributed by atoms with Crippen LogP contribution in [0.4, 0.5) is 0 Å². The van der Waals surface area contributed by atoms with E-state index < -0.39 is 0 Å². The van der Waals surface area contributed by atoms with Crippen molar-refractivity contribution in [2.45, 2.75) is 20.4 Å². The topological polar surface area (TPSA) is 51.5 Å². The molecule has 134 valence electrons. The number of furan rings is 1. The van der Waals surface area contributed by atoms with Crippen LogP contribution in [0, 0.1) is 6.92 Å². The molecule has 1 aromatic heterocycles. The highest BCUT2D eigenvalue weighted by Gasteiger charge is 2.12. The van der Waals surface area contributed by atoms with Crippen molar-refractivity contribution in [1.82, 2.24) is 5.32 Å². The number of rotatable bonds is 5. The van der Waals surface area contributed by atoms with E-state index >= 15 is 0 Å². The zero-order chi connectivity index (χ0) is 18.7. The lowest BCUT2D eigenvalue weighted by molar-refractivity contribution is -0.116. The number of carbonyl (C=O) groups is 1. The standard InChI is InChI=1S/C21H20ClNO3/c1-13(8-21(24)23-11-15-4-6-16(22)7-5-15)17-9-18-14(2)12-26-20(18)10-19(17)25-3/h4-10,12H,11H2,1-3H3,(H,23,24)/b13-8+. The van der Waals surface area contributed by atoms with Crippen molar-refractivity contribution in [3.63, 3.8) is 0 Å². The normalized spacial score (nSPS) is 11.6. The van der Waals surface area contributed by atoms with Gasteiger partial charge >= 0.3 is 0 Å². The minimum absolute atomic E-state index is 0.163. The molecule has 0 spiro atoms. The molecule has 26 heavy (non-hydrogen) atoms. The lowest BCUT2D eigenvalue weighted by Gasteiger charge is -2.10. The van der Waals surface area contributed by atoms with Crippen LogP contribution in [0.3, 0.4) is 0 Å². The number of aryl methyl sites for hydroxylation is 1. The predicted molar refractivity (Wildman–Crippen MR) is 104 cm³/mol. The zero-order valence-corrected chi connectivity index (χ0v) is 15.7. The maximum Gasteiger partial charge on any atom is 0.244 e. The van der Waals surface area contributed by atoms with Crippen LogP contribution in [0.5, 0.6) is 5.75 Å². The summed E-state index contributed by atoms with van der Waals surface area (Å²) < 4.78 is 11.0. The van der Waals surface area contributed by atoms with E-state index in [4.69, 9.17) is 20.8 Å². The molecule has 0 aliphatic carbocycles. The Morgan fingerprint density at radius 3 is 2.69 bits per heavy atom. The van der Waals surface area contributed by atoms with Gasteiger partial charge in [0.2, 0.25) is 5.91 Å². The van der Waals surface area contributed by atoms with Crippen LogP contribution in [0.15, 0.2) is 53.2 Å². The fourth-order valence-corrected chi connectivity index (χ4v) is 2.90. The van der Waals surface area contributed by atoms with Crippen LogP contribution < -0.4 is 10.1 Å². The monoisotopic (exact) mass is 369 g/mol. The van der Waals surface area contributed by atoms with E-state index in [1.807, 2.05) is 38.1 Å². The molecule has 3 aromatic rings. The van der Waals surface area contributed by atoms with Crippen LogP contribution in [-0.2, 0) is 11.3 Å². The number of allylic oxidation sites excluding steroid dienone is 1.